The van der Waals surface area contributed by atoms with E-state index >= 15 is 0 Å². The number of alkyl carbamates (subject to hydrolysis) is 1. The van der Waals surface area contributed by atoms with E-state index in [-0.39, 0.29) is 0 Å². The van der Waals surface area contributed by atoms with Crippen molar-refractivity contribution in [3.63, 3.8) is 0 Å². The number of ether oxygens (including phenoxy) is 1. The summed E-state index contributed by atoms with van der Waals surface area (Å²) in [5.74, 6) is -1.18. The Morgan fingerprint density at radius 3 is 2.00 bits per heavy atom. The van der Waals surface area contributed by atoms with Crippen LogP contribution in [0.15, 0.2) is 0 Å². The number of nitrogens with one attached hydrogen (secondary N) is 1. The smallest absolute Gasteiger partial charge is 0.408 e. The number of aliphatic carboxylic acids is 1. The van der Waals surface area contributed by atoms with Crippen molar-refractivity contribution in [3.05, 3.63) is 0 Å². The number of carbonyl (C=O) groups excluding carboxylic acids is 1. The maximum absolute atomic E-state index is 11.4. The van der Waals surface area contributed by atoms with Gasteiger partial charge in [-0.3, -0.25) is 4.79 Å². The molecule has 0 heterocycles. The molecule has 6 nitrogen and oxygen atoms in total. The van der Waals surface area contributed by atoms with Gasteiger partial charge in [-0.2, -0.15) is 0 Å². The third-order valence-corrected chi connectivity index (χ3v) is 1.87. The third-order valence-electron chi connectivity index (χ3n) is 1.87. The first-order valence-corrected chi connectivity index (χ1v) is 4.95. The van der Waals surface area contributed by atoms with Crippen molar-refractivity contribution in [1.29, 1.82) is 0 Å². The Bertz CT molecular complexity index is 281. The Hall–Kier alpha value is -1.30. The van der Waals surface area contributed by atoms with Crippen LogP contribution in [0.3, 0.4) is 0 Å². The zero-order valence-electron chi connectivity index (χ0n) is 10.3. The maximum Gasteiger partial charge on any atom is 0.408 e. The molecular weight excluding hydrogens is 212 g/mol. The highest BCUT2D eigenvalue weighted by molar-refractivity contribution is 5.77. The molecule has 0 aromatic rings. The summed E-state index contributed by atoms with van der Waals surface area (Å²) in [4.78, 5) is 22.1. The molecule has 0 aliphatic carbocycles. The van der Waals surface area contributed by atoms with Gasteiger partial charge in [0, 0.05) is 0 Å². The molecular formula is C10H20N2O4. The molecule has 1 atom stereocenters. The number of hydrogen-bond donors (Lipinski definition) is 3. The van der Waals surface area contributed by atoms with Crippen LogP contribution in [0.5, 0.6) is 0 Å². The molecule has 0 unspecified atom stereocenters. The lowest BCUT2D eigenvalue weighted by atomic mass is 9.96. The van der Waals surface area contributed by atoms with E-state index in [0.29, 0.717) is 0 Å². The summed E-state index contributed by atoms with van der Waals surface area (Å²) in [6, 6.07) is -1.19. The largest absolute Gasteiger partial charge is 0.480 e. The molecule has 0 aliphatic rings. The van der Waals surface area contributed by atoms with Crippen LogP contribution in [-0.4, -0.2) is 34.4 Å². The topological polar surface area (TPSA) is 102 Å². The van der Waals surface area contributed by atoms with Crippen molar-refractivity contribution < 1.29 is 19.4 Å². The molecule has 0 saturated heterocycles. The second kappa shape index (κ2) is 4.69. The first-order chi connectivity index (χ1) is 6.96. The summed E-state index contributed by atoms with van der Waals surface area (Å²) in [5.41, 5.74) is 3.73. The summed E-state index contributed by atoms with van der Waals surface area (Å²) in [6.45, 7) is 8.20. The van der Waals surface area contributed by atoms with Crippen LogP contribution in [0.4, 0.5) is 4.79 Å². The molecule has 0 bridgehead atoms. The summed E-state index contributed by atoms with van der Waals surface area (Å²) in [6.07, 6.45) is -0.686. The van der Waals surface area contributed by atoms with Crippen molar-refractivity contribution in [3.8, 4) is 0 Å². The standard InChI is InChI=1S/C10H20N2O4/c1-9(2,3)16-8(15)12-10(4,5)6(11)7(13)14/h6H,11H2,1-5H3,(H,12,15)(H,13,14)/t6-/m1/s1. The van der Waals surface area contributed by atoms with Gasteiger partial charge in [-0.25, -0.2) is 4.79 Å². The first kappa shape index (κ1) is 14.7. The van der Waals surface area contributed by atoms with Crippen molar-refractivity contribution in [1.82, 2.24) is 5.32 Å². The summed E-state index contributed by atoms with van der Waals surface area (Å²) in [5, 5.41) is 11.2. The van der Waals surface area contributed by atoms with E-state index < -0.39 is 29.2 Å². The van der Waals surface area contributed by atoms with Gasteiger partial charge in [0.15, 0.2) is 0 Å². The van der Waals surface area contributed by atoms with E-state index in [4.69, 9.17) is 15.6 Å². The van der Waals surface area contributed by atoms with Crippen molar-refractivity contribution in [2.45, 2.75) is 51.8 Å². The van der Waals surface area contributed by atoms with Crippen LogP contribution >= 0.6 is 0 Å². The fourth-order valence-electron chi connectivity index (χ4n) is 0.953. The zero-order chi connectivity index (χ0) is 13.1. The Morgan fingerprint density at radius 2 is 1.69 bits per heavy atom. The van der Waals surface area contributed by atoms with Crippen LogP contribution in [0.1, 0.15) is 34.6 Å². The molecule has 94 valence electrons. The van der Waals surface area contributed by atoms with E-state index in [2.05, 4.69) is 5.32 Å². The zero-order valence-corrected chi connectivity index (χ0v) is 10.3. The van der Waals surface area contributed by atoms with E-state index in [1.54, 1.807) is 20.8 Å². The number of carbonyl (C=O) groups is 2. The van der Waals surface area contributed by atoms with Gasteiger partial charge in [-0.1, -0.05) is 0 Å². The fraction of sp³-hybridized carbons (Fsp3) is 0.800. The second-order valence-corrected chi connectivity index (χ2v) is 5.16. The number of amides is 1. The number of carboxylic acids is 1. The van der Waals surface area contributed by atoms with Gasteiger partial charge in [0.05, 0.1) is 5.54 Å². The Morgan fingerprint density at radius 1 is 1.25 bits per heavy atom. The number of nitrogens with two attached hydrogens (primary N) is 1. The summed E-state index contributed by atoms with van der Waals surface area (Å²) >= 11 is 0. The van der Waals surface area contributed by atoms with Crippen LogP contribution < -0.4 is 11.1 Å². The molecule has 0 spiro atoms. The Kier molecular flexibility index (Phi) is 4.31. The molecule has 0 radical (unpaired) electrons. The normalized spacial score (nSPS) is 14.1. The minimum absolute atomic E-state index is 0.631. The van der Waals surface area contributed by atoms with Gasteiger partial charge < -0.3 is 20.9 Å². The van der Waals surface area contributed by atoms with Crippen LogP contribution in [0.2, 0.25) is 0 Å². The van der Waals surface area contributed by atoms with E-state index in [1.165, 1.54) is 13.8 Å². The molecule has 6 heteroatoms. The number of rotatable bonds is 3. The average molecular weight is 232 g/mol. The minimum atomic E-state index is -1.19. The fourth-order valence-corrected chi connectivity index (χ4v) is 0.953. The monoisotopic (exact) mass is 232 g/mol. The third kappa shape index (κ3) is 4.97. The van der Waals surface area contributed by atoms with Crippen LogP contribution in [0.25, 0.3) is 0 Å². The van der Waals surface area contributed by atoms with Crippen LogP contribution in [-0.2, 0) is 9.53 Å². The second-order valence-electron chi connectivity index (χ2n) is 5.16. The maximum atomic E-state index is 11.4. The van der Waals surface area contributed by atoms with Gasteiger partial charge >= 0.3 is 12.1 Å². The van der Waals surface area contributed by atoms with E-state index in [0.717, 1.165) is 0 Å². The van der Waals surface area contributed by atoms with Gasteiger partial charge in [-0.15, -0.1) is 0 Å². The molecule has 0 aromatic carbocycles. The van der Waals surface area contributed by atoms with Gasteiger partial charge in [0.1, 0.15) is 11.6 Å². The Labute approximate surface area is 95.1 Å². The minimum Gasteiger partial charge on any atom is -0.480 e. The van der Waals surface area contributed by atoms with Gasteiger partial charge in [0.2, 0.25) is 0 Å². The van der Waals surface area contributed by atoms with Crippen molar-refractivity contribution in [2.75, 3.05) is 0 Å². The van der Waals surface area contributed by atoms with E-state index in [1.807, 2.05) is 0 Å². The molecule has 0 fully saturated rings. The molecule has 1 amide bonds. The van der Waals surface area contributed by atoms with Gasteiger partial charge in [-0.05, 0) is 34.6 Å². The van der Waals surface area contributed by atoms with E-state index in [9.17, 15) is 9.59 Å². The molecule has 0 saturated carbocycles. The number of hydrogen-bond acceptors (Lipinski definition) is 4. The molecule has 0 rings (SSSR count). The highest BCUT2D eigenvalue weighted by atomic mass is 16.6. The highest BCUT2D eigenvalue weighted by Gasteiger charge is 2.34. The Balaban J connectivity index is 4.48. The predicted molar refractivity (Wildman–Crippen MR) is 59.1 cm³/mol. The lowest BCUT2D eigenvalue weighted by molar-refractivity contribution is -0.140. The van der Waals surface area contributed by atoms with Crippen LogP contribution in [0, 0.1) is 0 Å². The highest BCUT2D eigenvalue weighted by Crippen LogP contribution is 2.11. The quantitative estimate of drug-likeness (QED) is 0.665. The molecule has 4 N–H and O–H groups in total. The summed E-state index contributed by atoms with van der Waals surface area (Å²) < 4.78 is 5.00. The predicted octanol–water partition coefficient (Wildman–Crippen LogP) is 0.702. The lowest BCUT2D eigenvalue weighted by Crippen LogP contribution is -2.59. The first-order valence-electron chi connectivity index (χ1n) is 4.95. The molecule has 16 heavy (non-hydrogen) atoms. The van der Waals surface area contributed by atoms with Gasteiger partial charge in [0.25, 0.3) is 0 Å². The van der Waals surface area contributed by atoms with Crippen molar-refractivity contribution >= 4 is 12.1 Å². The molecule has 0 aromatic heterocycles. The lowest BCUT2D eigenvalue weighted by Gasteiger charge is -2.31. The SMILES string of the molecule is CC(C)(C)OC(=O)NC(C)(C)[C@H](N)C(=O)O. The van der Waals surface area contributed by atoms with Crippen molar-refractivity contribution in [2.24, 2.45) is 5.73 Å². The average Bonchev–Trinajstić information content (AvgIpc) is 1.97. The summed E-state index contributed by atoms with van der Waals surface area (Å²) in [7, 11) is 0. The molecule has 0 aliphatic heterocycles. The number of carboxylic acid groups (broad SMARTS) is 1.